The molecule has 3 aromatic rings. The summed E-state index contributed by atoms with van der Waals surface area (Å²) in [4.78, 5) is 19.4. The van der Waals surface area contributed by atoms with E-state index in [-0.39, 0.29) is 54.9 Å². The normalized spacial score (nSPS) is 11.3. The summed E-state index contributed by atoms with van der Waals surface area (Å²) in [7, 11) is 0. The number of aromatic nitrogens is 2. The molecule has 0 aliphatic heterocycles. The first-order chi connectivity index (χ1) is 11.6. The van der Waals surface area contributed by atoms with E-state index in [1.54, 1.807) is 12.1 Å². The number of imidazole rings is 1. The Morgan fingerprint density at radius 1 is 1.15 bits per heavy atom. The van der Waals surface area contributed by atoms with Gasteiger partial charge in [-0.25, -0.2) is 9.37 Å². The number of nitrogens with zero attached hydrogens (tertiary/aromatic N) is 1. The predicted molar refractivity (Wildman–Crippen MR) is 105 cm³/mol. The Kier molecular flexibility index (Phi) is 7.98. The highest BCUT2D eigenvalue weighted by Crippen LogP contribution is 2.23. The summed E-state index contributed by atoms with van der Waals surface area (Å²) in [6, 6.07) is 11.5. The number of halogens is 3. The van der Waals surface area contributed by atoms with Gasteiger partial charge in [0, 0.05) is 19.1 Å². The van der Waals surface area contributed by atoms with E-state index in [0.717, 1.165) is 16.6 Å². The van der Waals surface area contributed by atoms with E-state index in [9.17, 15) is 9.18 Å². The molecule has 1 aromatic heterocycles. The number of nitrogens with two attached hydrogens (primary N) is 2. The first kappa shape index (κ1) is 21.9. The van der Waals surface area contributed by atoms with Crippen LogP contribution in [0.2, 0.25) is 0 Å². The zero-order valence-corrected chi connectivity index (χ0v) is 15.4. The number of benzene rings is 2. The quantitative estimate of drug-likeness (QED) is 0.527. The Morgan fingerprint density at radius 2 is 1.81 bits per heavy atom. The van der Waals surface area contributed by atoms with Gasteiger partial charge in [-0.3, -0.25) is 4.79 Å². The van der Waals surface area contributed by atoms with E-state index in [0.29, 0.717) is 12.1 Å². The lowest BCUT2D eigenvalue weighted by molar-refractivity contribution is 0.0942. The predicted octanol–water partition coefficient (Wildman–Crippen LogP) is 2.23. The molecule has 6 N–H and O–H groups in total. The van der Waals surface area contributed by atoms with Gasteiger partial charge in [-0.05, 0) is 35.4 Å². The average Bonchev–Trinajstić information content (AvgIpc) is 3.03. The molecule has 1 unspecified atom stereocenters. The van der Waals surface area contributed by atoms with Gasteiger partial charge in [0.05, 0.1) is 11.0 Å². The minimum atomic E-state index is -0.335. The summed E-state index contributed by atoms with van der Waals surface area (Å²) in [6.07, 6.45) is 0. The zero-order chi connectivity index (χ0) is 17.1. The first-order valence-corrected chi connectivity index (χ1v) is 7.56. The molecule has 6 nitrogen and oxygen atoms in total. The summed E-state index contributed by atoms with van der Waals surface area (Å²) in [6.45, 7) is 0.578. The highest BCUT2D eigenvalue weighted by Gasteiger charge is 2.13. The van der Waals surface area contributed by atoms with Crippen molar-refractivity contribution in [1.29, 1.82) is 0 Å². The number of hydrogen-bond acceptors (Lipinski definition) is 4. The van der Waals surface area contributed by atoms with Gasteiger partial charge in [0.15, 0.2) is 5.82 Å². The molecule has 9 heteroatoms. The molecule has 0 radical (unpaired) electrons. The van der Waals surface area contributed by atoms with Crippen LogP contribution in [0.4, 0.5) is 4.39 Å². The van der Waals surface area contributed by atoms with E-state index >= 15 is 0 Å². The topological polar surface area (TPSA) is 110 Å². The maximum Gasteiger partial charge on any atom is 0.287 e. The van der Waals surface area contributed by atoms with Crippen molar-refractivity contribution in [2.45, 2.75) is 6.04 Å². The fourth-order valence-electron chi connectivity index (χ4n) is 2.33. The molecule has 0 aliphatic carbocycles. The minimum Gasteiger partial charge on any atom is -0.348 e. The molecular formula is C17H20Cl2FN5O. The molecule has 0 spiro atoms. The van der Waals surface area contributed by atoms with Crippen LogP contribution >= 0.6 is 24.8 Å². The van der Waals surface area contributed by atoms with Gasteiger partial charge in [-0.1, -0.05) is 18.2 Å². The molecule has 0 bridgehead atoms. The Bertz CT molecular complexity index is 869. The van der Waals surface area contributed by atoms with Gasteiger partial charge in [0.1, 0.15) is 5.82 Å². The van der Waals surface area contributed by atoms with E-state index in [2.05, 4.69) is 15.3 Å². The van der Waals surface area contributed by atoms with Crippen molar-refractivity contribution >= 4 is 41.8 Å². The average molecular weight is 400 g/mol. The van der Waals surface area contributed by atoms with Crippen molar-refractivity contribution in [2.24, 2.45) is 11.5 Å². The lowest BCUT2D eigenvalue weighted by atomic mass is 10.1. The third-order valence-electron chi connectivity index (χ3n) is 3.70. The van der Waals surface area contributed by atoms with Crippen molar-refractivity contribution in [2.75, 3.05) is 13.1 Å². The highest BCUT2D eigenvalue weighted by atomic mass is 35.5. The number of fused-ring (bicyclic) bond motifs is 1. The molecule has 140 valence electrons. The van der Waals surface area contributed by atoms with Crippen LogP contribution in [0, 0.1) is 5.82 Å². The van der Waals surface area contributed by atoms with Gasteiger partial charge in [0.2, 0.25) is 0 Å². The van der Waals surface area contributed by atoms with Crippen molar-refractivity contribution in [3.05, 3.63) is 54.1 Å². The number of H-pyrrole nitrogens is 1. The second kappa shape index (κ2) is 9.49. The Labute approximate surface area is 162 Å². The molecule has 0 aliphatic rings. The summed E-state index contributed by atoms with van der Waals surface area (Å²) < 4.78 is 13.0. The number of rotatable bonds is 5. The summed E-state index contributed by atoms with van der Waals surface area (Å²) in [5.74, 6) is -0.404. The van der Waals surface area contributed by atoms with Crippen molar-refractivity contribution < 1.29 is 9.18 Å². The lowest BCUT2D eigenvalue weighted by Gasteiger charge is -2.08. The second-order valence-corrected chi connectivity index (χ2v) is 5.53. The Morgan fingerprint density at radius 3 is 2.46 bits per heavy atom. The van der Waals surface area contributed by atoms with Crippen LogP contribution in [0.1, 0.15) is 10.6 Å². The van der Waals surface area contributed by atoms with Crippen molar-refractivity contribution in [1.82, 2.24) is 15.3 Å². The summed E-state index contributed by atoms with van der Waals surface area (Å²) in [5.41, 5.74) is 14.3. The van der Waals surface area contributed by atoms with Crippen molar-refractivity contribution in [3.63, 3.8) is 0 Å². The van der Waals surface area contributed by atoms with Gasteiger partial charge in [-0.2, -0.15) is 0 Å². The van der Waals surface area contributed by atoms with E-state index in [4.69, 9.17) is 11.5 Å². The fraction of sp³-hybridized carbons (Fsp3) is 0.176. The number of carbonyl (C=O) groups is 1. The van der Waals surface area contributed by atoms with Gasteiger partial charge in [0.25, 0.3) is 5.91 Å². The molecule has 0 fully saturated rings. The van der Waals surface area contributed by atoms with Crippen LogP contribution in [0.3, 0.4) is 0 Å². The summed E-state index contributed by atoms with van der Waals surface area (Å²) in [5, 5.41) is 2.68. The molecule has 26 heavy (non-hydrogen) atoms. The molecular weight excluding hydrogens is 380 g/mol. The van der Waals surface area contributed by atoms with E-state index in [1.165, 1.54) is 12.1 Å². The lowest BCUT2D eigenvalue weighted by Crippen LogP contribution is -2.42. The van der Waals surface area contributed by atoms with Gasteiger partial charge in [-0.15, -0.1) is 24.8 Å². The standard InChI is InChI=1S/C17H18FN5O.2ClH/c18-12-4-1-10(2-5-12)11-3-6-14-15(7-11)23-16(22-14)17(24)21-9-13(20)8-19;;/h1-7,13H,8-9,19-20H2,(H,21,24)(H,22,23);2*1H. The Balaban J connectivity index is 0.00000169. The number of amides is 1. The first-order valence-electron chi connectivity index (χ1n) is 7.56. The third-order valence-corrected chi connectivity index (χ3v) is 3.70. The minimum absolute atomic E-state index is 0. The molecule has 0 saturated carbocycles. The number of nitrogens with one attached hydrogen (secondary N) is 2. The third kappa shape index (κ3) is 4.92. The Hall–Kier alpha value is -2.19. The number of aromatic amines is 1. The number of hydrogen-bond donors (Lipinski definition) is 4. The van der Waals surface area contributed by atoms with Crippen LogP contribution in [0.15, 0.2) is 42.5 Å². The highest BCUT2D eigenvalue weighted by molar-refractivity contribution is 5.94. The van der Waals surface area contributed by atoms with Gasteiger partial charge < -0.3 is 21.8 Å². The largest absolute Gasteiger partial charge is 0.348 e. The van der Waals surface area contributed by atoms with Crippen LogP contribution in [-0.2, 0) is 0 Å². The smallest absolute Gasteiger partial charge is 0.287 e. The summed E-state index contributed by atoms with van der Waals surface area (Å²) >= 11 is 0. The van der Waals surface area contributed by atoms with E-state index in [1.807, 2.05) is 18.2 Å². The molecule has 1 amide bonds. The van der Waals surface area contributed by atoms with E-state index < -0.39 is 0 Å². The molecule has 1 heterocycles. The zero-order valence-electron chi connectivity index (χ0n) is 13.7. The molecule has 3 rings (SSSR count). The van der Waals surface area contributed by atoms with Crippen molar-refractivity contribution in [3.8, 4) is 11.1 Å². The van der Waals surface area contributed by atoms with Gasteiger partial charge >= 0.3 is 0 Å². The maximum atomic E-state index is 13.0. The molecule has 1 atom stereocenters. The SMILES string of the molecule is Cl.Cl.NCC(N)CNC(=O)c1nc2cc(-c3ccc(F)cc3)ccc2[nH]1. The monoisotopic (exact) mass is 399 g/mol. The molecule has 0 saturated heterocycles. The van der Waals surface area contributed by atoms with Crippen LogP contribution in [0.5, 0.6) is 0 Å². The second-order valence-electron chi connectivity index (χ2n) is 5.53. The maximum absolute atomic E-state index is 13.0. The van der Waals surface area contributed by atoms with Crippen LogP contribution in [-0.4, -0.2) is 35.0 Å². The van der Waals surface area contributed by atoms with Crippen LogP contribution < -0.4 is 16.8 Å². The fourth-order valence-corrected chi connectivity index (χ4v) is 2.33. The molecule has 2 aromatic carbocycles. The number of carbonyl (C=O) groups excluding carboxylic acids is 1. The van der Waals surface area contributed by atoms with Crippen LogP contribution in [0.25, 0.3) is 22.2 Å².